The predicted molar refractivity (Wildman–Crippen MR) is 77.9 cm³/mol. The first kappa shape index (κ1) is 14.4. The number of aliphatic hydroxyl groups excluding tert-OH is 1. The molecule has 0 aliphatic heterocycles. The average molecular weight is 286 g/mol. The van der Waals surface area contributed by atoms with E-state index in [1.54, 1.807) is 0 Å². The quantitative estimate of drug-likeness (QED) is 0.326. The lowest BCUT2D eigenvalue weighted by Crippen LogP contribution is -2.17. The van der Waals surface area contributed by atoms with Crippen molar-refractivity contribution in [3.63, 3.8) is 0 Å². The number of fused-ring (bicyclic) bond motifs is 1. The zero-order valence-corrected chi connectivity index (χ0v) is 11.1. The topological polar surface area (TPSA) is 127 Å². The van der Waals surface area contributed by atoms with Crippen LogP contribution in [0.1, 0.15) is 27.1 Å². The number of phenolic OH excluding ortho intramolecular Hbond substituents is 1. The molecule has 6 heteroatoms. The van der Waals surface area contributed by atoms with Crippen molar-refractivity contribution >= 4 is 17.3 Å². The average Bonchev–Trinajstić information content (AvgIpc) is 2.44. The van der Waals surface area contributed by atoms with Crippen LogP contribution in [0, 0.1) is 0 Å². The molecule has 1 aromatic rings. The Kier molecular flexibility index (Phi) is 3.54. The minimum absolute atomic E-state index is 0.0219. The molecule has 0 spiro atoms. The van der Waals surface area contributed by atoms with Gasteiger partial charge in [0.15, 0.2) is 11.6 Å². The number of aromatic hydroxyl groups is 1. The van der Waals surface area contributed by atoms with E-state index in [1.165, 1.54) is 24.3 Å². The van der Waals surface area contributed by atoms with Crippen LogP contribution in [-0.4, -0.2) is 21.8 Å². The summed E-state index contributed by atoms with van der Waals surface area (Å²) in [6.45, 7) is 3.55. The van der Waals surface area contributed by atoms with Gasteiger partial charge in [-0.1, -0.05) is 6.58 Å². The number of carbonyl (C=O) groups excluding carboxylic acids is 2. The van der Waals surface area contributed by atoms with Crippen molar-refractivity contribution in [2.24, 2.45) is 5.73 Å². The van der Waals surface area contributed by atoms with Crippen molar-refractivity contribution in [1.29, 1.82) is 0 Å². The highest BCUT2D eigenvalue weighted by molar-refractivity contribution is 6.20. The molecule has 1 aromatic carbocycles. The van der Waals surface area contributed by atoms with E-state index in [-0.39, 0.29) is 40.3 Å². The van der Waals surface area contributed by atoms with Crippen LogP contribution in [0.4, 0.5) is 5.69 Å². The summed E-state index contributed by atoms with van der Waals surface area (Å²) >= 11 is 0. The summed E-state index contributed by atoms with van der Waals surface area (Å²) in [5, 5.41) is 19.6. The zero-order valence-electron chi connectivity index (χ0n) is 11.1. The van der Waals surface area contributed by atoms with Crippen LogP contribution < -0.4 is 11.5 Å². The molecule has 21 heavy (non-hydrogen) atoms. The summed E-state index contributed by atoms with van der Waals surface area (Å²) in [6, 6.07) is 2.53. The van der Waals surface area contributed by atoms with E-state index in [0.29, 0.717) is 0 Å². The number of nitrogens with two attached hydrogens (primary N) is 2. The molecule has 6 nitrogen and oxygen atoms in total. The van der Waals surface area contributed by atoms with Gasteiger partial charge in [-0.2, -0.15) is 0 Å². The molecular weight excluding hydrogens is 272 g/mol. The van der Waals surface area contributed by atoms with E-state index in [4.69, 9.17) is 11.5 Å². The third-order valence-electron chi connectivity index (χ3n) is 3.14. The lowest BCUT2D eigenvalue weighted by molar-refractivity contribution is 0.0963. The fourth-order valence-corrected chi connectivity index (χ4v) is 2.02. The second kappa shape index (κ2) is 5.16. The highest BCUT2D eigenvalue weighted by atomic mass is 16.3. The van der Waals surface area contributed by atoms with Crippen LogP contribution in [0.5, 0.6) is 5.75 Å². The molecule has 0 fully saturated rings. The molecule has 108 valence electrons. The highest BCUT2D eigenvalue weighted by Gasteiger charge is 2.27. The number of nitrogen functional groups attached to an aromatic ring is 1. The minimum Gasteiger partial charge on any atom is -0.512 e. The maximum absolute atomic E-state index is 12.4. The third-order valence-corrected chi connectivity index (χ3v) is 3.14. The fraction of sp³-hybridized carbons (Fsp3) is 0.0667. The van der Waals surface area contributed by atoms with E-state index in [9.17, 15) is 19.8 Å². The highest BCUT2D eigenvalue weighted by Crippen LogP contribution is 2.31. The maximum Gasteiger partial charge on any atom is 0.199 e. The monoisotopic (exact) mass is 286 g/mol. The van der Waals surface area contributed by atoms with Gasteiger partial charge >= 0.3 is 0 Å². The van der Waals surface area contributed by atoms with Gasteiger partial charge in [-0.3, -0.25) is 9.59 Å². The Bertz CT molecular complexity index is 729. The van der Waals surface area contributed by atoms with Crippen LogP contribution in [0.15, 0.2) is 47.9 Å². The molecule has 0 saturated heterocycles. The summed E-state index contributed by atoms with van der Waals surface area (Å²) < 4.78 is 0. The van der Waals surface area contributed by atoms with Crippen LogP contribution in [0.2, 0.25) is 0 Å². The number of aliphatic hydroxyl groups is 1. The second-order valence-corrected chi connectivity index (χ2v) is 4.61. The number of rotatable bonds is 0. The molecule has 0 unspecified atom stereocenters. The lowest BCUT2D eigenvalue weighted by Gasteiger charge is -2.15. The Morgan fingerprint density at radius 1 is 1.05 bits per heavy atom. The molecule has 0 aromatic heterocycles. The summed E-state index contributed by atoms with van der Waals surface area (Å²) in [5.41, 5.74) is 11.0. The van der Waals surface area contributed by atoms with Gasteiger partial charge in [0.25, 0.3) is 0 Å². The Morgan fingerprint density at radius 3 is 2.38 bits per heavy atom. The van der Waals surface area contributed by atoms with Gasteiger partial charge in [0.1, 0.15) is 11.5 Å². The molecule has 2 rings (SSSR count). The van der Waals surface area contributed by atoms with Gasteiger partial charge in [-0.15, -0.1) is 0 Å². The van der Waals surface area contributed by atoms with Crippen LogP contribution in [0.25, 0.3) is 0 Å². The Balaban J connectivity index is 2.79. The van der Waals surface area contributed by atoms with Crippen molar-refractivity contribution in [1.82, 2.24) is 0 Å². The second-order valence-electron chi connectivity index (χ2n) is 4.61. The molecule has 1 aliphatic carbocycles. The first-order chi connectivity index (χ1) is 9.82. The number of hydrogen-bond acceptors (Lipinski definition) is 6. The summed E-state index contributed by atoms with van der Waals surface area (Å²) in [6.07, 6.45) is 2.14. The summed E-state index contributed by atoms with van der Waals surface area (Å²) in [5.74, 6) is -1.90. The van der Waals surface area contributed by atoms with Crippen LogP contribution in [0.3, 0.4) is 0 Å². The van der Waals surface area contributed by atoms with Gasteiger partial charge in [0.05, 0.1) is 17.5 Å². The van der Waals surface area contributed by atoms with Crippen LogP contribution >= 0.6 is 0 Å². The van der Waals surface area contributed by atoms with Gasteiger partial charge in [0, 0.05) is 17.0 Å². The van der Waals surface area contributed by atoms with Gasteiger partial charge in [-0.25, -0.2) is 0 Å². The number of phenols is 1. The van der Waals surface area contributed by atoms with Crippen molar-refractivity contribution < 1.29 is 19.8 Å². The third kappa shape index (κ3) is 2.51. The molecule has 0 saturated carbocycles. The standard InChI is InChI=1S/C15H14N2O4/c1-7-9(16)3-2-8(18)6-12(20)13-10(17)4-5-11(19)14(13)15(7)21/h2-5,18-19H,1,6,16-17H2/b8-2+,9-3+. The lowest BCUT2D eigenvalue weighted by atomic mass is 9.91. The van der Waals surface area contributed by atoms with Crippen LogP contribution in [-0.2, 0) is 0 Å². The summed E-state index contributed by atoms with van der Waals surface area (Å²) in [4.78, 5) is 24.6. The van der Waals surface area contributed by atoms with Crippen molar-refractivity contribution in [2.75, 3.05) is 5.73 Å². The number of allylic oxidation sites excluding steroid dienone is 4. The molecule has 1 aliphatic rings. The number of hydrogen-bond donors (Lipinski definition) is 4. The number of ketones is 2. The molecule has 0 atom stereocenters. The summed E-state index contributed by atoms with van der Waals surface area (Å²) in [7, 11) is 0. The molecular formula is C15H14N2O4. The zero-order chi connectivity index (χ0) is 15.7. The molecule has 0 bridgehead atoms. The molecule has 0 radical (unpaired) electrons. The normalized spacial score (nSPS) is 21.0. The fourth-order valence-electron chi connectivity index (χ4n) is 2.02. The first-order valence-corrected chi connectivity index (χ1v) is 6.06. The predicted octanol–water partition coefficient (Wildman–Crippen LogP) is 1.58. The number of Topliss-reactive ketones (excluding diaryl/α,β-unsaturated/α-hetero) is 2. The Hall–Kier alpha value is -3.02. The number of benzene rings is 1. The SMILES string of the molecule is C=C1C(=O)c2c(O)ccc(N)c2C(=O)C/C(O)=C\C=C/1N. The van der Waals surface area contributed by atoms with E-state index < -0.39 is 17.3 Å². The van der Waals surface area contributed by atoms with Gasteiger partial charge in [-0.05, 0) is 24.3 Å². The largest absolute Gasteiger partial charge is 0.512 e. The number of anilines is 1. The number of carbonyl (C=O) groups is 2. The first-order valence-electron chi connectivity index (χ1n) is 6.06. The van der Waals surface area contributed by atoms with E-state index in [0.717, 1.165) is 0 Å². The van der Waals surface area contributed by atoms with E-state index in [2.05, 4.69) is 6.58 Å². The Labute approximate surface area is 120 Å². The van der Waals surface area contributed by atoms with Crippen molar-refractivity contribution in [3.8, 4) is 5.75 Å². The van der Waals surface area contributed by atoms with E-state index in [1.807, 2.05) is 0 Å². The maximum atomic E-state index is 12.4. The van der Waals surface area contributed by atoms with Crippen molar-refractivity contribution in [3.05, 3.63) is 59.0 Å². The molecule has 0 amide bonds. The minimum atomic E-state index is -0.688. The smallest absolute Gasteiger partial charge is 0.199 e. The molecule has 6 N–H and O–H groups in total. The van der Waals surface area contributed by atoms with Gasteiger partial charge < -0.3 is 21.7 Å². The Morgan fingerprint density at radius 2 is 1.71 bits per heavy atom. The van der Waals surface area contributed by atoms with Gasteiger partial charge in [0.2, 0.25) is 0 Å². The molecule has 0 heterocycles. The van der Waals surface area contributed by atoms with Crippen molar-refractivity contribution in [2.45, 2.75) is 6.42 Å². The van der Waals surface area contributed by atoms with E-state index >= 15 is 0 Å².